The summed E-state index contributed by atoms with van der Waals surface area (Å²) in [6.45, 7) is 12.8. The molecule has 1 aromatic carbocycles. The molecule has 12 nitrogen and oxygen atoms in total. The molecule has 2 rings (SSSR count). The predicted molar refractivity (Wildman–Crippen MR) is 158 cm³/mol. The lowest BCUT2D eigenvalue weighted by Gasteiger charge is -2.34. The van der Waals surface area contributed by atoms with E-state index >= 15 is 0 Å². The van der Waals surface area contributed by atoms with Gasteiger partial charge >= 0.3 is 0 Å². The lowest BCUT2D eigenvalue weighted by molar-refractivity contribution is -0.149. The first-order valence-corrected chi connectivity index (χ1v) is 14.0. The molecule has 0 aliphatic carbocycles. The minimum Gasteiger partial charge on any atom is -0.392 e. The Bertz CT molecular complexity index is 1080. The van der Waals surface area contributed by atoms with Gasteiger partial charge < -0.3 is 30.5 Å². The van der Waals surface area contributed by atoms with Crippen molar-refractivity contribution in [3.8, 4) is 0 Å². The predicted octanol–water partition coefficient (Wildman–Crippen LogP) is 2.06. The van der Waals surface area contributed by atoms with Gasteiger partial charge in [-0.25, -0.2) is 0 Å². The van der Waals surface area contributed by atoms with Crippen LogP contribution in [0, 0.1) is 0 Å². The average Bonchev–Trinajstić information content (AvgIpc) is 3.23. The summed E-state index contributed by atoms with van der Waals surface area (Å²) in [5.41, 5.74) is -0.327. The number of carbonyl (C=O) groups is 5. The highest BCUT2D eigenvalue weighted by atomic mass is 16.6. The Morgan fingerprint density at radius 2 is 1.50 bits per heavy atom. The summed E-state index contributed by atoms with van der Waals surface area (Å²) < 4.78 is 11.7. The summed E-state index contributed by atoms with van der Waals surface area (Å²) >= 11 is 0. The number of hydrogen-bond donors (Lipinski definition) is 4. The third-order valence-electron chi connectivity index (χ3n) is 5.69. The van der Waals surface area contributed by atoms with Crippen molar-refractivity contribution in [2.75, 3.05) is 31.6 Å². The van der Waals surface area contributed by atoms with Crippen LogP contribution in [0.5, 0.6) is 0 Å². The van der Waals surface area contributed by atoms with Gasteiger partial charge in [0, 0.05) is 24.3 Å². The van der Waals surface area contributed by atoms with Crippen LogP contribution in [0.2, 0.25) is 0 Å². The molecule has 12 heteroatoms. The lowest BCUT2D eigenvalue weighted by atomic mass is 10.1. The van der Waals surface area contributed by atoms with Crippen LogP contribution in [-0.4, -0.2) is 83.1 Å². The van der Waals surface area contributed by atoms with E-state index in [4.69, 9.17) is 14.6 Å². The number of hydrogen-bond acceptors (Lipinski definition) is 8. The molecule has 1 aliphatic heterocycles. The second kappa shape index (κ2) is 17.4. The maximum atomic E-state index is 12.3. The fourth-order valence-electron chi connectivity index (χ4n) is 3.41. The van der Waals surface area contributed by atoms with Crippen molar-refractivity contribution in [1.29, 1.82) is 0 Å². The van der Waals surface area contributed by atoms with Crippen LogP contribution in [0.4, 0.5) is 5.69 Å². The normalized spacial score (nSPS) is 13.8. The molecule has 0 fully saturated rings. The van der Waals surface area contributed by atoms with E-state index in [9.17, 15) is 24.0 Å². The van der Waals surface area contributed by atoms with Crippen molar-refractivity contribution < 1.29 is 38.6 Å². The molecule has 0 radical (unpaired) electrons. The smallest absolute Gasteiger partial charge is 0.253 e. The summed E-state index contributed by atoms with van der Waals surface area (Å²) in [5, 5.41) is 16.7. The first-order chi connectivity index (χ1) is 19.6. The van der Waals surface area contributed by atoms with Crippen molar-refractivity contribution in [2.24, 2.45) is 0 Å². The van der Waals surface area contributed by atoms with E-state index in [1.807, 2.05) is 0 Å². The number of rotatable bonds is 15. The van der Waals surface area contributed by atoms with Crippen molar-refractivity contribution in [3.63, 3.8) is 0 Å². The molecular formula is C30H46N4O8. The number of benzene rings is 1. The van der Waals surface area contributed by atoms with Gasteiger partial charge in [-0.2, -0.15) is 0 Å². The van der Waals surface area contributed by atoms with Crippen LogP contribution in [0.1, 0.15) is 66.9 Å². The number of anilines is 1. The quantitative estimate of drug-likeness (QED) is 0.226. The summed E-state index contributed by atoms with van der Waals surface area (Å²) in [4.78, 5) is 61.2. The fourth-order valence-corrected chi connectivity index (χ4v) is 3.41. The molecule has 0 bridgehead atoms. The zero-order chi connectivity index (χ0) is 31.9. The van der Waals surface area contributed by atoms with Crippen molar-refractivity contribution in [3.05, 3.63) is 42.0 Å². The zero-order valence-corrected chi connectivity index (χ0v) is 25.7. The van der Waals surface area contributed by atoms with Gasteiger partial charge in [0.1, 0.15) is 6.04 Å². The number of ether oxygens (including phenoxy) is 2. The number of nitrogens with zero attached hydrogens (tertiary/aromatic N) is 1. The number of aliphatic hydroxyl groups is 1. The van der Waals surface area contributed by atoms with Crippen LogP contribution in [-0.2, 0) is 40.1 Å². The monoisotopic (exact) mass is 590 g/mol. The molecule has 0 spiro atoms. The van der Waals surface area contributed by atoms with Crippen molar-refractivity contribution in [2.45, 2.75) is 85.2 Å². The number of aliphatic hydroxyl groups excluding tert-OH is 1. The highest BCUT2D eigenvalue weighted by Gasteiger charge is 2.33. The molecule has 1 atom stereocenters. The Hall–Kier alpha value is -3.61. The average molecular weight is 591 g/mol. The van der Waals surface area contributed by atoms with Gasteiger partial charge in [0.2, 0.25) is 17.7 Å². The zero-order valence-electron chi connectivity index (χ0n) is 25.7. The van der Waals surface area contributed by atoms with E-state index in [0.717, 1.165) is 4.90 Å². The maximum Gasteiger partial charge on any atom is 0.253 e. The molecule has 1 aliphatic rings. The van der Waals surface area contributed by atoms with E-state index in [-0.39, 0.29) is 51.1 Å². The molecule has 5 amide bonds. The minimum atomic E-state index is -0.835. The van der Waals surface area contributed by atoms with E-state index < -0.39 is 35.0 Å². The van der Waals surface area contributed by atoms with Crippen LogP contribution in [0.3, 0.4) is 0 Å². The first kappa shape index (κ1) is 36.4. The van der Waals surface area contributed by atoms with Crippen LogP contribution in [0.15, 0.2) is 36.4 Å². The minimum absolute atomic E-state index is 0.00241. The molecule has 0 aromatic heterocycles. The van der Waals surface area contributed by atoms with Crippen LogP contribution < -0.4 is 16.0 Å². The van der Waals surface area contributed by atoms with Gasteiger partial charge in [-0.3, -0.25) is 28.9 Å². The Morgan fingerprint density at radius 3 is 2.05 bits per heavy atom. The Labute approximate surface area is 248 Å². The molecular weight excluding hydrogens is 544 g/mol. The molecule has 1 heterocycles. The summed E-state index contributed by atoms with van der Waals surface area (Å²) in [6.07, 6.45) is 3.69. The Morgan fingerprint density at radius 1 is 0.929 bits per heavy atom. The largest absolute Gasteiger partial charge is 0.392 e. The number of nitrogens with one attached hydrogen (secondary N) is 3. The van der Waals surface area contributed by atoms with Gasteiger partial charge in [0.15, 0.2) is 0 Å². The van der Waals surface area contributed by atoms with Gasteiger partial charge in [0.05, 0.1) is 44.1 Å². The number of amides is 5. The van der Waals surface area contributed by atoms with Gasteiger partial charge in [-0.15, -0.1) is 0 Å². The topological polar surface area (TPSA) is 163 Å². The highest BCUT2D eigenvalue weighted by Crippen LogP contribution is 2.19. The van der Waals surface area contributed by atoms with E-state index in [1.54, 1.807) is 52.0 Å². The van der Waals surface area contributed by atoms with Crippen molar-refractivity contribution in [1.82, 2.24) is 15.5 Å². The van der Waals surface area contributed by atoms with Crippen LogP contribution >= 0.6 is 0 Å². The van der Waals surface area contributed by atoms with E-state index in [2.05, 4.69) is 29.8 Å². The molecule has 234 valence electrons. The number of imide groups is 1. The third-order valence-corrected chi connectivity index (χ3v) is 5.69. The fraction of sp³-hybridized carbons (Fsp3) is 0.567. The van der Waals surface area contributed by atoms with Crippen LogP contribution in [0.25, 0.3) is 0 Å². The summed E-state index contributed by atoms with van der Waals surface area (Å²) in [6, 6.07) is 5.80. The van der Waals surface area contributed by atoms with Crippen molar-refractivity contribution >= 4 is 35.2 Å². The molecule has 0 saturated carbocycles. The first-order valence-electron chi connectivity index (χ1n) is 14.0. The third kappa shape index (κ3) is 13.8. The maximum absolute atomic E-state index is 12.3. The highest BCUT2D eigenvalue weighted by molar-refractivity contribution is 6.12. The second-order valence-corrected chi connectivity index (χ2v) is 11.1. The molecule has 4 N–H and O–H groups in total. The summed E-state index contributed by atoms with van der Waals surface area (Å²) in [7, 11) is 0. The lowest BCUT2D eigenvalue weighted by Crippen LogP contribution is -2.46. The Balaban J connectivity index is 0.00000281. The molecule has 42 heavy (non-hydrogen) atoms. The Kier molecular flexibility index (Phi) is 15.1. The van der Waals surface area contributed by atoms with Gasteiger partial charge in [-0.05, 0) is 52.3 Å². The molecule has 0 saturated heterocycles. The second-order valence-electron chi connectivity index (χ2n) is 11.1. The molecule has 1 aromatic rings. The van der Waals surface area contributed by atoms with Gasteiger partial charge in [-0.1, -0.05) is 32.4 Å². The van der Waals surface area contributed by atoms with Gasteiger partial charge in [0.25, 0.3) is 11.8 Å². The van der Waals surface area contributed by atoms with E-state index in [0.29, 0.717) is 11.3 Å². The molecule has 1 unspecified atom stereocenters. The van der Waals surface area contributed by atoms with E-state index in [1.165, 1.54) is 25.5 Å². The standard InChI is InChI=1S/C27H38N4O8.C3H8/c1-18(25(37)30-20-8-6-19(15-32)7-9-20)29-22(34)14-28-21(33)12-13-38-27(4,5)17-39-26(2,3)16-31-23(35)10-11-24(31)36;1-3-2/h6-11,18,32H,12-17H2,1-5H3,(H,28,33)(H,29,34)(H,30,37);3H2,1-2H3. The SMILES string of the molecule is CC(NC(=O)CNC(=O)CCOC(C)(C)COC(C)(C)CN1C(=O)C=CC1=O)C(=O)Nc1ccc(CO)cc1.CCC. The summed E-state index contributed by atoms with van der Waals surface area (Å²) in [5.74, 6) is -2.11. The number of carbonyl (C=O) groups excluding carboxylic acids is 5.